The van der Waals surface area contributed by atoms with Gasteiger partial charge < -0.3 is 20.4 Å². The van der Waals surface area contributed by atoms with E-state index in [1.54, 1.807) is 0 Å². The summed E-state index contributed by atoms with van der Waals surface area (Å²) >= 11 is 0. The average molecular weight is 386 g/mol. The quantitative estimate of drug-likeness (QED) is 0.430. The highest BCUT2D eigenvalue weighted by molar-refractivity contribution is 5.80. The number of aliphatic imine (C=N–C) groups is 1. The van der Waals surface area contributed by atoms with Crippen molar-refractivity contribution in [3.05, 3.63) is 35.4 Å². The number of amides is 1. The number of guanidine groups is 1. The number of hydrogen-bond donors (Lipinski definition) is 2. The predicted molar refractivity (Wildman–Crippen MR) is 114 cm³/mol. The molecule has 2 heterocycles. The van der Waals surface area contributed by atoms with Crippen LogP contribution in [0.3, 0.4) is 0 Å². The molecule has 0 spiro atoms. The summed E-state index contributed by atoms with van der Waals surface area (Å²) in [5, 5.41) is 6.91. The van der Waals surface area contributed by atoms with Gasteiger partial charge in [-0.1, -0.05) is 31.2 Å². The number of piperidine rings is 1. The summed E-state index contributed by atoms with van der Waals surface area (Å²) in [7, 11) is 1.81. The Balaban J connectivity index is 1.31. The van der Waals surface area contributed by atoms with E-state index >= 15 is 0 Å². The molecule has 1 fully saturated rings. The first-order valence-electron chi connectivity index (χ1n) is 10.7. The molecule has 0 radical (unpaired) electrons. The van der Waals surface area contributed by atoms with Crippen LogP contribution in [0.25, 0.3) is 0 Å². The second-order valence-electron chi connectivity index (χ2n) is 7.88. The molecule has 0 bridgehead atoms. The summed E-state index contributed by atoms with van der Waals surface area (Å²) < 4.78 is 0. The Hall–Kier alpha value is -2.08. The summed E-state index contributed by atoms with van der Waals surface area (Å²) in [6.45, 7) is 8.04. The lowest BCUT2D eigenvalue weighted by molar-refractivity contribution is -0.131. The molecule has 0 aliphatic carbocycles. The van der Waals surface area contributed by atoms with Gasteiger partial charge >= 0.3 is 0 Å². The Labute approximate surface area is 169 Å². The third-order valence-corrected chi connectivity index (χ3v) is 5.75. The normalized spacial score (nSPS) is 18.2. The standard InChI is InChI=1S/C22H35N5O/c1-3-13-26-14-10-20(11-15-26)25-22(23-2)24-12-6-9-21(28)27-16-18-7-4-5-8-19(18)17-27/h4-5,7-8,20H,3,6,9-17H2,1-2H3,(H2,23,24,25). The van der Waals surface area contributed by atoms with Gasteiger partial charge in [0.2, 0.25) is 5.91 Å². The zero-order valence-electron chi connectivity index (χ0n) is 17.4. The van der Waals surface area contributed by atoms with E-state index in [4.69, 9.17) is 0 Å². The van der Waals surface area contributed by atoms with Gasteiger partial charge in [0.05, 0.1) is 0 Å². The number of carbonyl (C=O) groups is 1. The third kappa shape index (κ3) is 5.71. The second-order valence-corrected chi connectivity index (χ2v) is 7.88. The molecule has 6 nitrogen and oxygen atoms in total. The molecule has 1 aromatic rings. The van der Waals surface area contributed by atoms with Gasteiger partial charge in [-0.05, 0) is 43.4 Å². The van der Waals surface area contributed by atoms with Crippen LogP contribution < -0.4 is 10.6 Å². The molecule has 0 atom stereocenters. The third-order valence-electron chi connectivity index (χ3n) is 5.75. The van der Waals surface area contributed by atoms with Gasteiger partial charge in [-0.3, -0.25) is 9.79 Å². The highest BCUT2D eigenvalue weighted by Gasteiger charge is 2.22. The second kappa shape index (κ2) is 10.5. The molecule has 1 amide bonds. The molecule has 1 saturated heterocycles. The maximum atomic E-state index is 12.5. The molecule has 2 N–H and O–H groups in total. The van der Waals surface area contributed by atoms with Gasteiger partial charge in [0.25, 0.3) is 0 Å². The molecular formula is C22H35N5O. The van der Waals surface area contributed by atoms with Crippen LogP contribution in [0.15, 0.2) is 29.3 Å². The van der Waals surface area contributed by atoms with Crippen molar-refractivity contribution in [1.82, 2.24) is 20.4 Å². The maximum Gasteiger partial charge on any atom is 0.223 e. The minimum atomic E-state index is 0.240. The summed E-state index contributed by atoms with van der Waals surface area (Å²) in [5.74, 6) is 1.10. The maximum absolute atomic E-state index is 12.5. The van der Waals surface area contributed by atoms with E-state index in [-0.39, 0.29) is 5.91 Å². The van der Waals surface area contributed by atoms with Gasteiger partial charge in [0, 0.05) is 52.2 Å². The number of carbonyl (C=O) groups excluding carboxylic acids is 1. The van der Waals surface area contributed by atoms with Crippen LogP contribution in [0.4, 0.5) is 0 Å². The highest BCUT2D eigenvalue weighted by Crippen LogP contribution is 2.22. The smallest absolute Gasteiger partial charge is 0.223 e. The highest BCUT2D eigenvalue weighted by atomic mass is 16.2. The van der Waals surface area contributed by atoms with Crippen molar-refractivity contribution in [2.24, 2.45) is 4.99 Å². The molecule has 3 rings (SSSR count). The molecule has 28 heavy (non-hydrogen) atoms. The zero-order valence-corrected chi connectivity index (χ0v) is 17.4. The van der Waals surface area contributed by atoms with Crippen molar-refractivity contribution in [3.8, 4) is 0 Å². The Morgan fingerprint density at radius 1 is 1.18 bits per heavy atom. The van der Waals surface area contributed by atoms with Crippen LogP contribution in [0, 0.1) is 0 Å². The van der Waals surface area contributed by atoms with Crippen molar-refractivity contribution in [1.29, 1.82) is 0 Å². The Kier molecular flexibility index (Phi) is 7.71. The van der Waals surface area contributed by atoms with E-state index < -0.39 is 0 Å². The van der Waals surface area contributed by atoms with Gasteiger partial charge in [-0.2, -0.15) is 0 Å². The topological polar surface area (TPSA) is 60.0 Å². The monoisotopic (exact) mass is 385 g/mol. The fourth-order valence-electron chi connectivity index (χ4n) is 4.12. The van der Waals surface area contributed by atoms with Crippen LogP contribution in [-0.2, 0) is 17.9 Å². The van der Waals surface area contributed by atoms with Crippen molar-refractivity contribution in [3.63, 3.8) is 0 Å². The molecule has 0 unspecified atom stereocenters. The largest absolute Gasteiger partial charge is 0.356 e. The lowest BCUT2D eigenvalue weighted by atomic mass is 10.1. The first kappa shape index (κ1) is 20.6. The van der Waals surface area contributed by atoms with Gasteiger partial charge in [0.1, 0.15) is 0 Å². The number of likely N-dealkylation sites (tertiary alicyclic amines) is 1. The molecule has 154 valence electrons. The molecule has 2 aliphatic heterocycles. The summed E-state index contributed by atoms with van der Waals surface area (Å²) in [4.78, 5) is 21.3. The first-order valence-corrected chi connectivity index (χ1v) is 10.7. The van der Waals surface area contributed by atoms with E-state index in [1.165, 1.54) is 24.1 Å². The van der Waals surface area contributed by atoms with Crippen molar-refractivity contribution >= 4 is 11.9 Å². The van der Waals surface area contributed by atoms with E-state index in [2.05, 4.69) is 39.6 Å². The lowest BCUT2D eigenvalue weighted by Crippen LogP contribution is -2.48. The van der Waals surface area contributed by atoms with Crippen LogP contribution in [0.2, 0.25) is 0 Å². The van der Waals surface area contributed by atoms with Crippen LogP contribution >= 0.6 is 0 Å². The molecule has 6 heteroatoms. The van der Waals surface area contributed by atoms with Gasteiger partial charge in [-0.15, -0.1) is 0 Å². The molecule has 2 aliphatic rings. The summed E-state index contributed by atoms with van der Waals surface area (Å²) in [6.07, 6.45) is 4.95. The lowest BCUT2D eigenvalue weighted by Gasteiger charge is -2.32. The Bertz CT molecular complexity index is 642. The van der Waals surface area contributed by atoms with Crippen molar-refractivity contribution < 1.29 is 4.79 Å². The van der Waals surface area contributed by atoms with E-state index in [9.17, 15) is 4.79 Å². The Morgan fingerprint density at radius 2 is 1.86 bits per heavy atom. The fraction of sp³-hybridized carbons (Fsp3) is 0.636. The number of nitrogens with one attached hydrogen (secondary N) is 2. The minimum absolute atomic E-state index is 0.240. The van der Waals surface area contributed by atoms with E-state index in [0.717, 1.165) is 57.9 Å². The average Bonchev–Trinajstić information content (AvgIpc) is 3.16. The molecule has 0 aromatic heterocycles. The first-order chi connectivity index (χ1) is 13.7. The van der Waals surface area contributed by atoms with Crippen molar-refractivity contribution in [2.45, 2.75) is 58.2 Å². The number of nitrogens with zero attached hydrogens (tertiary/aromatic N) is 3. The van der Waals surface area contributed by atoms with Crippen molar-refractivity contribution in [2.75, 3.05) is 33.2 Å². The van der Waals surface area contributed by atoms with Gasteiger partial charge in [-0.25, -0.2) is 0 Å². The number of rotatable bonds is 7. The van der Waals surface area contributed by atoms with Crippen LogP contribution in [0.5, 0.6) is 0 Å². The minimum Gasteiger partial charge on any atom is -0.356 e. The Morgan fingerprint density at radius 3 is 2.46 bits per heavy atom. The predicted octanol–water partition coefficient (Wildman–Crippen LogP) is 2.35. The molecule has 1 aromatic carbocycles. The number of fused-ring (bicyclic) bond motifs is 1. The number of hydrogen-bond acceptors (Lipinski definition) is 3. The molecule has 0 saturated carbocycles. The summed E-state index contributed by atoms with van der Waals surface area (Å²) in [6, 6.07) is 8.81. The van der Waals surface area contributed by atoms with E-state index in [0.29, 0.717) is 12.5 Å². The van der Waals surface area contributed by atoms with Crippen LogP contribution in [-0.4, -0.2) is 60.9 Å². The van der Waals surface area contributed by atoms with E-state index in [1.807, 2.05) is 24.1 Å². The number of benzene rings is 1. The van der Waals surface area contributed by atoms with Gasteiger partial charge in [0.15, 0.2) is 5.96 Å². The molecular weight excluding hydrogens is 350 g/mol. The fourth-order valence-corrected chi connectivity index (χ4v) is 4.12. The summed E-state index contributed by atoms with van der Waals surface area (Å²) in [5.41, 5.74) is 2.56. The van der Waals surface area contributed by atoms with Crippen LogP contribution in [0.1, 0.15) is 50.2 Å². The SMILES string of the molecule is CCCN1CCC(NC(=NC)NCCCC(=O)N2Cc3ccccc3C2)CC1. The zero-order chi connectivity index (χ0) is 19.8.